The molecule has 2 unspecified atom stereocenters. The van der Waals surface area contributed by atoms with Crippen LogP contribution in [0.4, 0.5) is 0 Å². The summed E-state index contributed by atoms with van der Waals surface area (Å²) >= 11 is 0. The van der Waals surface area contributed by atoms with Crippen LogP contribution in [-0.2, 0) is 42.9 Å². The summed E-state index contributed by atoms with van der Waals surface area (Å²) in [6, 6.07) is -0.824. The van der Waals surface area contributed by atoms with Gasteiger partial charge in [0.15, 0.2) is 0 Å². The van der Waals surface area contributed by atoms with Crippen LogP contribution in [0.1, 0.15) is 39.5 Å². The molecule has 0 saturated carbocycles. The van der Waals surface area contributed by atoms with E-state index in [1.54, 1.807) is 0 Å². The maximum absolute atomic E-state index is 12.7. The average molecular weight is 589 g/mol. The fraction of sp³-hybridized carbons (Fsp3) is 0.815. The van der Waals surface area contributed by atoms with Crippen molar-refractivity contribution in [1.29, 1.82) is 0 Å². The third-order valence-corrected chi connectivity index (χ3v) is 6.96. The minimum Gasteiger partial charge on any atom is -0.481 e. The highest BCUT2D eigenvalue weighted by molar-refractivity contribution is 5.77. The van der Waals surface area contributed by atoms with Crippen LogP contribution in [0, 0.1) is 0 Å². The molecule has 1 N–H and O–H groups in total. The first-order valence-corrected chi connectivity index (χ1v) is 14.1. The highest BCUT2D eigenvalue weighted by Gasteiger charge is 2.29. The largest absolute Gasteiger partial charge is 0.481 e. The van der Waals surface area contributed by atoms with E-state index < -0.39 is 29.9 Å². The molecule has 0 amide bonds. The van der Waals surface area contributed by atoms with E-state index in [-0.39, 0.29) is 44.5 Å². The number of carboxylic acid groups (broad SMARTS) is 1. The number of hydrogen-bond donors (Lipinski definition) is 1. The highest BCUT2D eigenvalue weighted by Crippen LogP contribution is 2.12. The van der Waals surface area contributed by atoms with Crippen LogP contribution in [-0.4, -0.2) is 160 Å². The predicted octanol–water partition coefficient (Wildman–Crippen LogP) is -0.308. The van der Waals surface area contributed by atoms with Gasteiger partial charge in [0.05, 0.1) is 47.1 Å². The number of ether oxygens (including phenoxy) is 4. The van der Waals surface area contributed by atoms with E-state index in [4.69, 9.17) is 18.9 Å². The molecule has 1 saturated heterocycles. The van der Waals surface area contributed by atoms with Crippen LogP contribution in [0.3, 0.4) is 0 Å². The summed E-state index contributed by atoms with van der Waals surface area (Å²) < 4.78 is 20.3. The van der Waals surface area contributed by atoms with Crippen molar-refractivity contribution < 1.29 is 48.0 Å². The molecule has 0 aromatic rings. The standard InChI is InChI=1S/C27H48N4O10/c1-6-7-21(2)41-26(36)20-28-10-12-29(18-24(34)38-3)14-16-31(22(27(37)40-5)8-9-23(32)33)17-15-30(13-11-28)19-25(35)39-4/h21-22H,6-20H2,1-5H3,(H,32,33). The molecule has 0 spiro atoms. The Hall–Kier alpha value is -2.81. The molecule has 1 aliphatic rings. The molecule has 41 heavy (non-hydrogen) atoms. The predicted molar refractivity (Wildman–Crippen MR) is 148 cm³/mol. The number of methoxy groups -OCH3 is 3. The van der Waals surface area contributed by atoms with Gasteiger partial charge in [0.1, 0.15) is 6.04 Å². The second kappa shape index (κ2) is 20.1. The number of aliphatic carboxylic acids is 1. The lowest BCUT2D eigenvalue weighted by atomic mass is 10.1. The zero-order valence-electron chi connectivity index (χ0n) is 25.2. The van der Waals surface area contributed by atoms with E-state index in [0.29, 0.717) is 52.4 Å². The maximum atomic E-state index is 12.7. The van der Waals surface area contributed by atoms with Gasteiger partial charge < -0.3 is 24.1 Å². The zero-order chi connectivity index (χ0) is 30.8. The van der Waals surface area contributed by atoms with Gasteiger partial charge in [0.2, 0.25) is 0 Å². The number of nitrogens with zero attached hydrogens (tertiary/aromatic N) is 4. The van der Waals surface area contributed by atoms with Crippen molar-refractivity contribution in [1.82, 2.24) is 19.6 Å². The first-order valence-electron chi connectivity index (χ1n) is 14.1. The number of esters is 4. The first-order chi connectivity index (χ1) is 19.5. The Kier molecular flexibility index (Phi) is 17.8. The molecule has 0 radical (unpaired) electrons. The van der Waals surface area contributed by atoms with E-state index in [1.807, 2.05) is 33.4 Å². The van der Waals surface area contributed by atoms with Gasteiger partial charge in [-0.15, -0.1) is 0 Å². The van der Waals surface area contributed by atoms with E-state index in [2.05, 4.69) is 0 Å². The van der Waals surface area contributed by atoms with E-state index in [9.17, 15) is 29.1 Å². The van der Waals surface area contributed by atoms with Gasteiger partial charge in [-0.1, -0.05) is 13.3 Å². The summed E-state index contributed by atoms with van der Waals surface area (Å²) in [7, 11) is 3.86. The molecule has 1 heterocycles. The van der Waals surface area contributed by atoms with E-state index in [1.165, 1.54) is 21.3 Å². The third-order valence-electron chi connectivity index (χ3n) is 6.96. The van der Waals surface area contributed by atoms with Gasteiger partial charge in [-0.2, -0.15) is 0 Å². The molecule has 2 atom stereocenters. The van der Waals surface area contributed by atoms with Crippen molar-refractivity contribution in [2.75, 3.05) is 93.3 Å². The van der Waals surface area contributed by atoms with Crippen molar-refractivity contribution in [2.24, 2.45) is 0 Å². The normalized spacial score (nSPS) is 18.3. The lowest BCUT2D eigenvalue weighted by Crippen LogP contribution is -2.52. The molecule has 0 bridgehead atoms. The van der Waals surface area contributed by atoms with E-state index >= 15 is 0 Å². The smallest absolute Gasteiger partial charge is 0.323 e. The van der Waals surface area contributed by atoms with Crippen molar-refractivity contribution >= 4 is 29.8 Å². The quantitative estimate of drug-likeness (QED) is 0.208. The number of carboxylic acids is 1. The molecule has 0 aromatic carbocycles. The molecular formula is C27H48N4O10. The Labute approximate surface area is 242 Å². The molecule has 14 heteroatoms. The fourth-order valence-corrected chi connectivity index (χ4v) is 4.59. The number of hydrogen-bond acceptors (Lipinski definition) is 13. The van der Waals surface area contributed by atoms with Crippen LogP contribution in [0.5, 0.6) is 0 Å². The van der Waals surface area contributed by atoms with E-state index in [0.717, 1.165) is 12.8 Å². The van der Waals surface area contributed by atoms with Gasteiger partial charge in [0, 0.05) is 58.8 Å². The molecule has 236 valence electrons. The minimum atomic E-state index is -1.03. The van der Waals surface area contributed by atoms with Crippen molar-refractivity contribution in [3.63, 3.8) is 0 Å². The maximum Gasteiger partial charge on any atom is 0.323 e. The SMILES string of the molecule is CCCC(C)OC(=O)CN1CCN(CC(=O)OC)CCN(C(CCC(=O)O)C(=O)OC)CCN(CC(=O)OC)CC1. The van der Waals surface area contributed by atoms with Crippen molar-refractivity contribution in [2.45, 2.75) is 51.7 Å². The lowest BCUT2D eigenvalue weighted by Gasteiger charge is -2.36. The van der Waals surface area contributed by atoms with Gasteiger partial charge in [0.25, 0.3) is 0 Å². The van der Waals surface area contributed by atoms with Crippen molar-refractivity contribution in [3.8, 4) is 0 Å². The average Bonchev–Trinajstić information content (AvgIpc) is 2.93. The van der Waals surface area contributed by atoms with Gasteiger partial charge in [-0.3, -0.25) is 43.6 Å². The molecule has 1 fully saturated rings. The van der Waals surface area contributed by atoms with Crippen LogP contribution in [0.25, 0.3) is 0 Å². The summed E-state index contributed by atoms with van der Waals surface area (Å²) in [4.78, 5) is 68.5. The highest BCUT2D eigenvalue weighted by atomic mass is 16.5. The number of rotatable bonds is 14. The zero-order valence-corrected chi connectivity index (χ0v) is 25.2. The van der Waals surface area contributed by atoms with Crippen LogP contribution < -0.4 is 0 Å². The first kappa shape index (κ1) is 36.2. The molecule has 0 aromatic heterocycles. The molecule has 14 nitrogen and oxygen atoms in total. The molecule has 0 aliphatic carbocycles. The minimum absolute atomic E-state index is 0.00262. The molecular weight excluding hydrogens is 540 g/mol. The Balaban J connectivity index is 3.22. The monoisotopic (exact) mass is 588 g/mol. The van der Waals surface area contributed by atoms with Crippen molar-refractivity contribution in [3.05, 3.63) is 0 Å². The lowest BCUT2D eigenvalue weighted by molar-refractivity contribution is -0.150. The van der Waals surface area contributed by atoms with Gasteiger partial charge >= 0.3 is 29.8 Å². The fourth-order valence-electron chi connectivity index (χ4n) is 4.59. The molecule has 1 aliphatic heterocycles. The number of carbonyl (C=O) groups is 5. The second-order valence-corrected chi connectivity index (χ2v) is 10.1. The Morgan fingerprint density at radius 1 is 0.683 bits per heavy atom. The van der Waals surface area contributed by atoms with Crippen LogP contribution in [0.2, 0.25) is 0 Å². The summed E-state index contributed by atoms with van der Waals surface area (Å²) in [6.07, 6.45) is 1.29. The Morgan fingerprint density at radius 2 is 1.12 bits per heavy atom. The summed E-state index contributed by atoms with van der Waals surface area (Å²) in [6.45, 7) is 6.98. The Morgan fingerprint density at radius 3 is 1.51 bits per heavy atom. The summed E-state index contributed by atoms with van der Waals surface area (Å²) in [5, 5.41) is 9.24. The third kappa shape index (κ3) is 15.1. The topological polar surface area (TPSA) is 155 Å². The van der Waals surface area contributed by atoms with Gasteiger partial charge in [-0.25, -0.2) is 0 Å². The second-order valence-electron chi connectivity index (χ2n) is 10.1. The summed E-state index contributed by atoms with van der Waals surface area (Å²) in [5.74, 6) is -2.79. The number of carbonyl (C=O) groups excluding carboxylic acids is 4. The molecule has 1 rings (SSSR count). The Bertz CT molecular complexity index is 809. The van der Waals surface area contributed by atoms with Gasteiger partial charge in [-0.05, 0) is 19.8 Å². The van der Waals surface area contributed by atoms with Crippen LogP contribution >= 0.6 is 0 Å². The van der Waals surface area contributed by atoms with Crippen LogP contribution in [0.15, 0.2) is 0 Å². The summed E-state index contributed by atoms with van der Waals surface area (Å²) in [5.41, 5.74) is 0.